The Hall–Kier alpha value is -2.61. The molecule has 0 radical (unpaired) electrons. The van der Waals surface area contributed by atoms with Crippen LogP contribution in [0.25, 0.3) is 0 Å². The van der Waals surface area contributed by atoms with Crippen LogP contribution in [0.4, 0.5) is 8.78 Å². The van der Waals surface area contributed by atoms with Crippen LogP contribution in [-0.4, -0.2) is 39.9 Å². The highest BCUT2D eigenvalue weighted by Crippen LogP contribution is 2.19. The number of aryl methyl sites for hydroxylation is 2. The van der Waals surface area contributed by atoms with Crippen molar-refractivity contribution >= 4 is 12.1 Å². The molecule has 0 saturated carbocycles. The van der Waals surface area contributed by atoms with Gasteiger partial charge in [-0.3, -0.25) is 9.69 Å². The normalized spacial score (nSPS) is 18.1. The van der Waals surface area contributed by atoms with E-state index in [9.17, 15) is 13.6 Å². The first-order valence-corrected chi connectivity index (χ1v) is 8.93. The third-order valence-corrected chi connectivity index (χ3v) is 4.76. The Bertz CT molecular complexity index is 831. The number of piperidine rings is 1. The molecule has 27 heavy (non-hydrogen) atoms. The van der Waals surface area contributed by atoms with Crippen LogP contribution in [0, 0.1) is 24.6 Å². The smallest absolute Gasteiger partial charge is 0.244 e. The number of benzene rings is 1. The van der Waals surface area contributed by atoms with Crippen molar-refractivity contribution < 1.29 is 13.6 Å². The Balaban J connectivity index is 1.55. The summed E-state index contributed by atoms with van der Waals surface area (Å²) in [4.78, 5) is 14.6. The zero-order valence-corrected chi connectivity index (χ0v) is 15.5. The molecule has 0 aliphatic carbocycles. The summed E-state index contributed by atoms with van der Waals surface area (Å²) in [7, 11) is 1.51. The molecule has 1 aliphatic rings. The van der Waals surface area contributed by atoms with Gasteiger partial charge >= 0.3 is 0 Å². The predicted octanol–water partition coefficient (Wildman–Crippen LogP) is 2.37. The summed E-state index contributed by atoms with van der Waals surface area (Å²) in [5.41, 5.74) is 4.29. The second-order valence-corrected chi connectivity index (χ2v) is 6.85. The van der Waals surface area contributed by atoms with Crippen molar-refractivity contribution in [1.29, 1.82) is 0 Å². The summed E-state index contributed by atoms with van der Waals surface area (Å²) in [6.45, 7) is 3.86. The molecule has 0 spiro atoms. The lowest BCUT2D eigenvalue weighted by Crippen LogP contribution is -2.41. The van der Waals surface area contributed by atoms with E-state index in [1.54, 1.807) is 19.1 Å². The number of carbonyl (C=O) groups is 1. The number of nitrogens with zero attached hydrogens (tertiary/aromatic N) is 4. The summed E-state index contributed by atoms with van der Waals surface area (Å²) < 4.78 is 28.0. The Labute approximate surface area is 156 Å². The Morgan fingerprint density at radius 2 is 2.11 bits per heavy atom. The van der Waals surface area contributed by atoms with E-state index in [1.165, 1.54) is 25.4 Å². The SMILES string of the molecule is Cc1nn(C)c(F)c1C=NNC(=O)C1CCCN(Cc2ccc(F)cc2)C1. The van der Waals surface area contributed by atoms with Crippen LogP contribution in [0.1, 0.15) is 29.7 Å². The highest BCUT2D eigenvalue weighted by Gasteiger charge is 2.25. The van der Waals surface area contributed by atoms with Gasteiger partial charge in [0.05, 0.1) is 23.4 Å². The fourth-order valence-corrected chi connectivity index (χ4v) is 3.31. The standard InChI is InChI=1S/C19H23F2N5O/c1-13-17(18(21)25(2)24-13)10-22-23-19(27)15-4-3-9-26(12-15)11-14-5-7-16(20)8-6-14/h5-8,10,15H,3-4,9,11-12H2,1-2H3,(H,23,27). The van der Waals surface area contributed by atoms with Crippen LogP contribution in [0.5, 0.6) is 0 Å². The number of hydrogen-bond acceptors (Lipinski definition) is 4. The van der Waals surface area contributed by atoms with E-state index in [0.29, 0.717) is 18.8 Å². The van der Waals surface area contributed by atoms with Crippen molar-refractivity contribution in [3.05, 3.63) is 52.9 Å². The monoisotopic (exact) mass is 375 g/mol. The molecule has 0 bridgehead atoms. The van der Waals surface area contributed by atoms with Crippen molar-refractivity contribution in [1.82, 2.24) is 20.1 Å². The summed E-state index contributed by atoms with van der Waals surface area (Å²) in [6, 6.07) is 6.40. The molecule has 1 amide bonds. The van der Waals surface area contributed by atoms with Gasteiger partial charge in [0.25, 0.3) is 0 Å². The molecule has 2 heterocycles. The number of likely N-dealkylation sites (tertiary alicyclic amines) is 1. The van der Waals surface area contributed by atoms with Gasteiger partial charge in [-0.05, 0) is 44.0 Å². The minimum absolute atomic E-state index is 0.183. The first-order valence-electron chi connectivity index (χ1n) is 8.93. The summed E-state index contributed by atoms with van der Waals surface area (Å²) in [5, 5.41) is 7.85. The van der Waals surface area contributed by atoms with E-state index in [0.717, 1.165) is 29.6 Å². The molecule has 3 rings (SSSR count). The summed E-state index contributed by atoms with van der Waals surface area (Å²) in [5.74, 6) is -1.12. The van der Waals surface area contributed by atoms with Gasteiger partial charge in [0.1, 0.15) is 5.82 Å². The molecule has 144 valence electrons. The lowest BCUT2D eigenvalue weighted by Gasteiger charge is -2.31. The highest BCUT2D eigenvalue weighted by molar-refractivity contribution is 5.84. The van der Waals surface area contributed by atoms with Crippen LogP contribution in [0.3, 0.4) is 0 Å². The second kappa shape index (κ2) is 8.39. The van der Waals surface area contributed by atoms with E-state index in [4.69, 9.17) is 0 Å². The summed E-state index contributed by atoms with van der Waals surface area (Å²) >= 11 is 0. The third-order valence-electron chi connectivity index (χ3n) is 4.76. The molecular formula is C19H23F2N5O. The van der Waals surface area contributed by atoms with Gasteiger partial charge in [-0.1, -0.05) is 12.1 Å². The van der Waals surface area contributed by atoms with E-state index in [-0.39, 0.29) is 23.2 Å². The Kier molecular flexibility index (Phi) is 5.95. The van der Waals surface area contributed by atoms with Gasteiger partial charge in [-0.2, -0.15) is 14.6 Å². The number of hydrogen-bond donors (Lipinski definition) is 1. The number of rotatable bonds is 5. The first kappa shape index (κ1) is 19.2. The number of halogens is 2. The van der Waals surface area contributed by atoms with E-state index in [1.807, 2.05) is 0 Å². The molecule has 1 atom stereocenters. The molecular weight excluding hydrogens is 352 g/mol. The van der Waals surface area contributed by atoms with E-state index < -0.39 is 5.95 Å². The molecule has 1 fully saturated rings. The quantitative estimate of drug-likeness (QED) is 0.645. The summed E-state index contributed by atoms with van der Waals surface area (Å²) in [6.07, 6.45) is 2.97. The maximum atomic E-state index is 13.9. The van der Waals surface area contributed by atoms with Crippen molar-refractivity contribution in [3.8, 4) is 0 Å². The van der Waals surface area contributed by atoms with Gasteiger partial charge in [0.15, 0.2) is 0 Å². The van der Waals surface area contributed by atoms with Gasteiger partial charge in [0, 0.05) is 20.1 Å². The van der Waals surface area contributed by atoms with Gasteiger partial charge in [0.2, 0.25) is 11.9 Å². The van der Waals surface area contributed by atoms with Crippen LogP contribution >= 0.6 is 0 Å². The van der Waals surface area contributed by atoms with Crippen molar-refractivity contribution in [2.45, 2.75) is 26.3 Å². The number of hydrazone groups is 1. The Morgan fingerprint density at radius 1 is 1.37 bits per heavy atom. The topological polar surface area (TPSA) is 62.5 Å². The van der Waals surface area contributed by atoms with E-state index in [2.05, 4.69) is 20.5 Å². The molecule has 2 aromatic rings. The zero-order valence-electron chi connectivity index (χ0n) is 15.5. The minimum atomic E-state index is -0.492. The van der Waals surface area contributed by atoms with Crippen LogP contribution in [-0.2, 0) is 18.4 Å². The predicted molar refractivity (Wildman–Crippen MR) is 98.0 cm³/mol. The largest absolute Gasteiger partial charge is 0.298 e. The maximum absolute atomic E-state index is 13.9. The van der Waals surface area contributed by atoms with Crippen molar-refractivity contribution in [2.24, 2.45) is 18.1 Å². The Morgan fingerprint density at radius 3 is 2.78 bits per heavy atom. The number of carbonyl (C=O) groups excluding carboxylic acids is 1. The minimum Gasteiger partial charge on any atom is -0.298 e. The molecule has 1 aromatic carbocycles. The van der Waals surface area contributed by atoms with Crippen LogP contribution in [0.2, 0.25) is 0 Å². The number of nitrogens with one attached hydrogen (secondary N) is 1. The average molecular weight is 375 g/mol. The number of aromatic nitrogens is 2. The van der Waals surface area contributed by atoms with Crippen molar-refractivity contribution in [2.75, 3.05) is 13.1 Å². The molecule has 1 saturated heterocycles. The lowest BCUT2D eigenvalue weighted by atomic mass is 9.97. The average Bonchev–Trinajstić information content (AvgIpc) is 2.90. The number of amides is 1. The van der Waals surface area contributed by atoms with E-state index >= 15 is 0 Å². The molecule has 1 unspecified atom stereocenters. The molecule has 1 aromatic heterocycles. The fraction of sp³-hybridized carbons (Fsp3) is 0.421. The molecule has 1 aliphatic heterocycles. The van der Waals surface area contributed by atoms with Gasteiger partial charge < -0.3 is 0 Å². The van der Waals surface area contributed by atoms with Gasteiger partial charge in [-0.25, -0.2) is 14.5 Å². The van der Waals surface area contributed by atoms with Crippen molar-refractivity contribution in [3.63, 3.8) is 0 Å². The third kappa shape index (κ3) is 4.77. The molecule has 1 N–H and O–H groups in total. The van der Waals surface area contributed by atoms with Crippen LogP contribution < -0.4 is 5.43 Å². The molecule has 6 nitrogen and oxygen atoms in total. The lowest BCUT2D eigenvalue weighted by molar-refractivity contribution is -0.126. The van der Waals surface area contributed by atoms with Gasteiger partial charge in [-0.15, -0.1) is 0 Å². The zero-order chi connectivity index (χ0) is 19.4. The first-order chi connectivity index (χ1) is 12.9. The second-order valence-electron chi connectivity index (χ2n) is 6.85. The molecule has 8 heteroatoms. The highest BCUT2D eigenvalue weighted by atomic mass is 19.1. The maximum Gasteiger partial charge on any atom is 0.244 e. The van der Waals surface area contributed by atoms with Crippen LogP contribution in [0.15, 0.2) is 29.4 Å². The fourth-order valence-electron chi connectivity index (χ4n) is 3.31.